The van der Waals surface area contributed by atoms with Gasteiger partial charge in [0.05, 0.1) is 16.8 Å². The number of likely N-dealkylation sites (tertiary alicyclic amines) is 1. The van der Waals surface area contributed by atoms with E-state index in [4.69, 9.17) is 9.97 Å². The van der Waals surface area contributed by atoms with Gasteiger partial charge in [-0.15, -0.1) is 0 Å². The van der Waals surface area contributed by atoms with Gasteiger partial charge in [0, 0.05) is 37.8 Å². The van der Waals surface area contributed by atoms with Crippen LogP contribution in [0.15, 0.2) is 36.7 Å². The number of aromatic nitrogens is 4. The Labute approximate surface area is 186 Å². The molecule has 8 nitrogen and oxygen atoms in total. The molecule has 32 heavy (non-hydrogen) atoms. The highest BCUT2D eigenvalue weighted by Crippen LogP contribution is 2.52. The minimum absolute atomic E-state index is 0.0562. The zero-order valence-corrected chi connectivity index (χ0v) is 18.2. The van der Waals surface area contributed by atoms with Crippen LogP contribution in [0.25, 0.3) is 11.2 Å². The summed E-state index contributed by atoms with van der Waals surface area (Å²) < 4.78 is 0.852. The van der Waals surface area contributed by atoms with Crippen LogP contribution in [-0.2, 0) is 10.2 Å². The average Bonchev–Trinajstić information content (AvgIpc) is 3.24. The van der Waals surface area contributed by atoms with Crippen LogP contribution in [0, 0.1) is 11.1 Å². The van der Waals surface area contributed by atoms with E-state index in [0.717, 1.165) is 92.2 Å². The fraction of sp³-hybridized carbons (Fsp3) is 0.500. The van der Waals surface area contributed by atoms with E-state index in [2.05, 4.69) is 9.88 Å². The number of nitrogens with zero attached hydrogens (tertiary/aromatic N) is 5. The predicted octanol–water partition coefficient (Wildman–Crippen LogP) is 2.51. The average molecular weight is 433 g/mol. The molecule has 8 heteroatoms. The predicted molar refractivity (Wildman–Crippen MR) is 120 cm³/mol. The number of rotatable bonds is 4. The highest BCUT2D eigenvalue weighted by atomic mass is 16.5. The second-order valence-corrected chi connectivity index (χ2v) is 9.48. The molecular weight excluding hydrogens is 404 g/mol. The van der Waals surface area contributed by atoms with Gasteiger partial charge in [-0.05, 0) is 56.7 Å². The molecule has 3 aromatic rings. The second kappa shape index (κ2) is 7.46. The van der Waals surface area contributed by atoms with Crippen molar-refractivity contribution in [3.05, 3.63) is 53.3 Å². The number of fused-ring (bicyclic) bond motifs is 1. The molecule has 0 bridgehead atoms. The number of pyridine rings is 2. The van der Waals surface area contributed by atoms with Crippen LogP contribution in [0.2, 0.25) is 0 Å². The van der Waals surface area contributed by atoms with Crippen molar-refractivity contribution in [2.45, 2.75) is 43.9 Å². The van der Waals surface area contributed by atoms with E-state index in [1.807, 2.05) is 23.1 Å². The SMILES string of the molecule is O=C([C@@H]1CCCN(c2ccc3[nH]c(C4(c5ccc[n+]([O-])c5)CC4)nc3n2)C1)N1CCCC1. The smallest absolute Gasteiger partial charge is 0.227 e. The minimum atomic E-state index is -0.216. The molecule has 1 amide bonds. The van der Waals surface area contributed by atoms with Crippen LogP contribution in [0.3, 0.4) is 0 Å². The van der Waals surface area contributed by atoms with Crippen molar-refractivity contribution >= 4 is 22.9 Å². The third-order valence-corrected chi connectivity index (χ3v) is 7.37. The van der Waals surface area contributed by atoms with E-state index in [1.54, 1.807) is 12.3 Å². The summed E-state index contributed by atoms with van der Waals surface area (Å²) >= 11 is 0. The summed E-state index contributed by atoms with van der Waals surface area (Å²) in [6, 6.07) is 7.85. The molecule has 1 atom stereocenters. The van der Waals surface area contributed by atoms with E-state index in [1.165, 1.54) is 6.20 Å². The Hall–Kier alpha value is -3.16. The zero-order valence-electron chi connectivity index (χ0n) is 18.2. The number of hydrogen-bond donors (Lipinski definition) is 1. The van der Waals surface area contributed by atoms with Gasteiger partial charge in [-0.1, -0.05) is 0 Å². The molecule has 5 heterocycles. The molecule has 2 saturated heterocycles. The van der Waals surface area contributed by atoms with Crippen molar-refractivity contribution in [1.82, 2.24) is 19.9 Å². The maximum Gasteiger partial charge on any atom is 0.227 e. The number of H-pyrrole nitrogens is 1. The third kappa shape index (κ3) is 3.29. The lowest BCUT2D eigenvalue weighted by molar-refractivity contribution is -0.606. The van der Waals surface area contributed by atoms with Crippen LogP contribution in [0.4, 0.5) is 5.82 Å². The van der Waals surface area contributed by atoms with Crippen molar-refractivity contribution in [1.29, 1.82) is 0 Å². The van der Waals surface area contributed by atoms with E-state index < -0.39 is 0 Å². The summed E-state index contributed by atoms with van der Waals surface area (Å²) in [5.41, 5.74) is 2.38. The number of carbonyl (C=O) groups is 1. The van der Waals surface area contributed by atoms with E-state index in [9.17, 15) is 10.0 Å². The lowest BCUT2D eigenvalue weighted by atomic mass is 9.96. The Morgan fingerprint density at radius 1 is 1.12 bits per heavy atom. The van der Waals surface area contributed by atoms with Crippen molar-refractivity contribution in [2.75, 3.05) is 31.1 Å². The summed E-state index contributed by atoms with van der Waals surface area (Å²) in [5.74, 6) is 2.13. The molecule has 1 saturated carbocycles. The number of anilines is 1. The van der Waals surface area contributed by atoms with Gasteiger partial charge in [0.15, 0.2) is 18.0 Å². The van der Waals surface area contributed by atoms with Gasteiger partial charge in [0.1, 0.15) is 11.6 Å². The molecule has 1 N–H and O–H groups in total. The molecule has 2 aliphatic heterocycles. The van der Waals surface area contributed by atoms with Crippen LogP contribution < -0.4 is 9.63 Å². The van der Waals surface area contributed by atoms with Crippen LogP contribution in [0.1, 0.15) is 49.9 Å². The lowest BCUT2D eigenvalue weighted by Crippen LogP contribution is -2.44. The summed E-state index contributed by atoms with van der Waals surface area (Å²) in [4.78, 5) is 30.3. The molecule has 6 rings (SSSR count). The van der Waals surface area contributed by atoms with Gasteiger partial charge < -0.3 is 20.0 Å². The summed E-state index contributed by atoms with van der Waals surface area (Å²) in [6.07, 6.45) is 9.30. The van der Waals surface area contributed by atoms with Crippen molar-refractivity contribution < 1.29 is 9.52 Å². The van der Waals surface area contributed by atoms with Gasteiger partial charge >= 0.3 is 0 Å². The first-order chi connectivity index (χ1) is 15.6. The Morgan fingerprint density at radius 2 is 1.97 bits per heavy atom. The van der Waals surface area contributed by atoms with Crippen molar-refractivity contribution in [3.8, 4) is 0 Å². The normalized spacial score (nSPS) is 22.4. The third-order valence-electron chi connectivity index (χ3n) is 7.37. The van der Waals surface area contributed by atoms with Crippen LogP contribution in [0.5, 0.6) is 0 Å². The fourth-order valence-corrected chi connectivity index (χ4v) is 5.39. The first kappa shape index (κ1) is 19.5. The number of amides is 1. The molecule has 0 unspecified atom stereocenters. The fourth-order valence-electron chi connectivity index (χ4n) is 5.39. The van der Waals surface area contributed by atoms with Gasteiger partial charge in [-0.2, -0.15) is 4.73 Å². The highest BCUT2D eigenvalue weighted by Gasteiger charge is 2.50. The molecule has 3 aliphatic rings. The Morgan fingerprint density at radius 3 is 2.75 bits per heavy atom. The Bertz CT molecular complexity index is 1160. The quantitative estimate of drug-likeness (QED) is 0.505. The lowest BCUT2D eigenvalue weighted by Gasteiger charge is -2.34. The van der Waals surface area contributed by atoms with Gasteiger partial charge in [0.25, 0.3) is 0 Å². The number of imidazole rings is 1. The molecule has 3 aromatic heterocycles. The van der Waals surface area contributed by atoms with Gasteiger partial charge in [-0.3, -0.25) is 4.79 Å². The molecule has 0 aromatic carbocycles. The second-order valence-electron chi connectivity index (χ2n) is 9.48. The van der Waals surface area contributed by atoms with Crippen molar-refractivity contribution in [2.24, 2.45) is 5.92 Å². The summed E-state index contributed by atoms with van der Waals surface area (Å²) in [6.45, 7) is 3.45. The molecular formula is C24H28N6O2. The first-order valence-corrected chi connectivity index (χ1v) is 11.7. The molecule has 0 radical (unpaired) electrons. The van der Waals surface area contributed by atoms with E-state index in [0.29, 0.717) is 11.6 Å². The number of piperidine rings is 1. The molecule has 0 spiro atoms. The van der Waals surface area contributed by atoms with Gasteiger partial charge in [0.2, 0.25) is 5.91 Å². The summed E-state index contributed by atoms with van der Waals surface area (Å²) in [5, 5.41) is 11.8. The van der Waals surface area contributed by atoms with Gasteiger partial charge in [-0.25, -0.2) is 9.97 Å². The number of aromatic amines is 1. The Kier molecular flexibility index (Phi) is 4.55. The molecule has 3 fully saturated rings. The van der Waals surface area contributed by atoms with Crippen LogP contribution >= 0.6 is 0 Å². The Balaban J connectivity index is 1.25. The number of hydrogen-bond acceptors (Lipinski definition) is 5. The maximum atomic E-state index is 12.9. The number of nitrogens with one attached hydrogen (secondary N) is 1. The van der Waals surface area contributed by atoms with Crippen molar-refractivity contribution in [3.63, 3.8) is 0 Å². The first-order valence-electron chi connectivity index (χ1n) is 11.7. The molecule has 1 aliphatic carbocycles. The zero-order chi connectivity index (χ0) is 21.7. The van der Waals surface area contributed by atoms with E-state index >= 15 is 0 Å². The number of carbonyl (C=O) groups excluding carboxylic acids is 1. The summed E-state index contributed by atoms with van der Waals surface area (Å²) in [7, 11) is 0. The van der Waals surface area contributed by atoms with Crippen LogP contribution in [-0.4, -0.2) is 51.9 Å². The molecule has 166 valence electrons. The maximum absolute atomic E-state index is 12.9. The largest absolute Gasteiger partial charge is 0.619 e. The van der Waals surface area contributed by atoms with E-state index in [-0.39, 0.29) is 11.3 Å². The minimum Gasteiger partial charge on any atom is -0.619 e. The highest BCUT2D eigenvalue weighted by molar-refractivity contribution is 5.80. The monoisotopic (exact) mass is 432 g/mol. The standard InChI is InChI=1S/C24H28N6O2/c31-22(28-11-1-2-12-28)17-5-3-13-29(15-17)20-8-7-19-21(26-20)27-23(25-19)24(9-10-24)18-6-4-14-30(32)16-18/h4,6-8,14,16-17H,1-3,5,9-13,15H2,(H,25,26,27)/t17-/m1/s1. The topological polar surface area (TPSA) is 92.1 Å².